The summed E-state index contributed by atoms with van der Waals surface area (Å²) >= 11 is 1.33. The predicted molar refractivity (Wildman–Crippen MR) is 148 cm³/mol. The summed E-state index contributed by atoms with van der Waals surface area (Å²) in [6.07, 6.45) is -1.45. The Bertz CT molecular complexity index is 1240. The minimum absolute atomic E-state index is 0.154. The van der Waals surface area contributed by atoms with E-state index in [1.54, 1.807) is 0 Å². The van der Waals surface area contributed by atoms with Crippen molar-refractivity contribution in [1.82, 2.24) is 0 Å². The number of fused-ring (bicyclic) bond motifs is 1. The molecule has 2 fully saturated rings. The standard InChI is InChI=1S/C29H34N2O4SSi/c1-28(2,3)37(19-12-8-6-9-13-19,20-14-10-7-11-15-20)32-17-22-26-27(35-29(4,5)34-26)25(33-22)21-18-36-23(16-30)24(21)31/h6-15,18,22,25-27H,17,31H2,1-5H3/t22-,25+,26-,27+/m1/s1. The zero-order valence-corrected chi connectivity index (χ0v) is 23.7. The number of anilines is 1. The second-order valence-electron chi connectivity index (χ2n) is 11.2. The van der Waals surface area contributed by atoms with Gasteiger partial charge in [-0.15, -0.1) is 11.3 Å². The molecule has 0 spiro atoms. The van der Waals surface area contributed by atoms with Gasteiger partial charge in [-0.05, 0) is 29.3 Å². The van der Waals surface area contributed by atoms with E-state index < -0.39 is 20.2 Å². The van der Waals surface area contributed by atoms with Crippen molar-refractivity contribution in [3.8, 4) is 6.07 Å². The van der Waals surface area contributed by atoms with Gasteiger partial charge >= 0.3 is 0 Å². The lowest BCUT2D eigenvalue weighted by Gasteiger charge is -2.43. The zero-order chi connectivity index (χ0) is 26.4. The van der Waals surface area contributed by atoms with E-state index in [4.69, 9.17) is 24.4 Å². The molecule has 6 nitrogen and oxygen atoms in total. The normalized spacial score (nSPS) is 25.1. The second-order valence-corrected chi connectivity index (χ2v) is 16.4. The van der Waals surface area contributed by atoms with Gasteiger partial charge in [0.1, 0.15) is 35.4 Å². The number of hydrogen-bond acceptors (Lipinski definition) is 7. The molecule has 0 bridgehead atoms. The first-order valence-corrected chi connectivity index (χ1v) is 15.4. The molecule has 2 saturated heterocycles. The van der Waals surface area contributed by atoms with Gasteiger partial charge in [0.05, 0.1) is 12.3 Å². The van der Waals surface area contributed by atoms with Crippen molar-refractivity contribution in [2.75, 3.05) is 12.3 Å². The smallest absolute Gasteiger partial charge is 0.261 e. The van der Waals surface area contributed by atoms with Crippen molar-refractivity contribution in [3.05, 3.63) is 76.5 Å². The van der Waals surface area contributed by atoms with E-state index in [9.17, 15) is 5.26 Å². The molecule has 0 radical (unpaired) electrons. The van der Waals surface area contributed by atoms with Crippen molar-refractivity contribution in [1.29, 1.82) is 5.26 Å². The van der Waals surface area contributed by atoms with Crippen LogP contribution in [0.3, 0.4) is 0 Å². The maximum absolute atomic E-state index is 9.43. The number of benzene rings is 2. The monoisotopic (exact) mass is 534 g/mol. The highest BCUT2D eigenvalue weighted by Crippen LogP contribution is 2.48. The van der Waals surface area contributed by atoms with Crippen LogP contribution in [0.1, 0.15) is 51.2 Å². The Morgan fingerprint density at radius 1 is 1.00 bits per heavy atom. The molecule has 2 aromatic carbocycles. The average molecular weight is 535 g/mol. The molecule has 5 rings (SSSR count). The van der Waals surface area contributed by atoms with Gasteiger partial charge in [0, 0.05) is 10.9 Å². The van der Waals surface area contributed by atoms with Gasteiger partial charge in [0.15, 0.2) is 5.79 Å². The summed E-state index contributed by atoms with van der Waals surface area (Å²) in [6, 6.07) is 23.3. The fraction of sp³-hybridized carbons (Fsp3) is 0.414. The van der Waals surface area contributed by atoms with Crippen molar-refractivity contribution < 1.29 is 18.6 Å². The van der Waals surface area contributed by atoms with Crippen LogP contribution in [0.4, 0.5) is 5.69 Å². The second kappa shape index (κ2) is 9.66. The molecule has 8 heteroatoms. The average Bonchev–Trinajstić information content (AvgIpc) is 3.50. The quantitative estimate of drug-likeness (QED) is 0.460. The molecule has 0 amide bonds. The molecular weight excluding hydrogens is 500 g/mol. The molecule has 37 heavy (non-hydrogen) atoms. The number of nitrogen functional groups attached to an aromatic ring is 1. The Morgan fingerprint density at radius 2 is 1.57 bits per heavy atom. The summed E-state index contributed by atoms with van der Waals surface area (Å²) in [6.45, 7) is 11.0. The van der Waals surface area contributed by atoms with E-state index in [1.165, 1.54) is 21.7 Å². The lowest BCUT2D eigenvalue weighted by Crippen LogP contribution is -2.67. The summed E-state index contributed by atoms with van der Waals surface area (Å²) in [4.78, 5) is 0.486. The van der Waals surface area contributed by atoms with Gasteiger partial charge in [0.25, 0.3) is 8.32 Å². The van der Waals surface area contributed by atoms with Crippen molar-refractivity contribution in [3.63, 3.8) is 0 Å². The first-order valence-electron chi connectivity index (χ1n) is 12.6. The van der Waals surface area contributed by atoms with Gasteiger partial charge in [0.2, 0.25) is 0 Å². The van der Waals surface area contributed by atoms with Crippen LogP contribution < -0.4 is 16.1 Å². The Balaban J connectivity index is 1.51. The third-order valence-electron chi connectivity index (χ3n) is 7.30. The van der Waals surface area contributed by atoms with E-state index in [0.29, 0.717) is 17.2 Å². The van der Waals surface area contributed by atoms with Crippen LogP contribution in [-0.4, -0.2) is 39.0 Å². The highest BCUT2D eigenvalue weighted by Gasteiger charge is 2.58. The van der Waals surface area contributed by atoms with Crippen LogP contribution in [0, 0.1) is 11.3 Å². The highest BCUT2D eigenvalue weighted by molar-refractivity contribution is 7.11. The molecule has 194 valence electrons. The highest BCUT2D eigenvalue weighted by atomic mass is 32.1. The number of rotatable bonds is 6. The van der Waals surface area contributed by atoms with Gasteiger partial charge in [-0.1, -0.05) is 81.4 Å². The van der Waals surface area contributed by atoms with Gasteiger partial charge in [-0.2, -0.15) is 5.26 Å². The number of nitriles is 1. The van der Waals surface area contributed by atoms with Crippen molar-refractivity contribution in [2.45, 2.75) is 69.9 Å². The third kappa shape index (κ3) is 4.54. The summed E-state index contributed by atoms with van der Waals surface area (Å²) in [5, 5.41) is 13.6. The fourth-order valence-corrected chi connectivity index (χ4v) is 11.1. The van der Waals surface area contributed by atoms with Gasteiger partial charge < -0.3 is 24.4 Å². The lowest BCUT2D eigenvalue weighted by molar-refractivity contribution is -0.190. The molecule has 1 aromatic heterocycles. The van der Waals surface area contributed by atoms with Crippen LogP contribution in [0.25, 0.3) is 0 Å². The van der Waals surface area contributed by atoms with Crippen LogP contribution in [-0.2, 0) is 18.6 Å². The summed E-state index contributed by atoms with van der Waals surface area (Å²) in [5.74, 6) is -0.754. The molecule has 2 aliphatic heterocycles. The first kappa shape index (κ1) is 26.1. The van der Waals surface area contributed by atoms with E-state index in [1.807, 2.05) is 31.4 Å². The number of nitrogens with two attached hydrogens (primary N) is 1. The molecule has 0 saturated carbocycles. The summed E-state index contributed by atoms with van der Waals surface area (Å²) in [5.41, 5.74) is 7.57. The lowest BCUT2D eigenvalue weighted by atomic mass is 10.0. The Labute approximate surface area is 224 Å². The molecular formula is C29H34N2O4SSi. The summed E-state index contributed by atoms with van der Waals surface area (Å²) < 4.78 is 26.4. The summed E-state index contributed by atoms with van der Waals surface area (Å²) in [7, 11) is -2.75. The van der Waals surface area contributed by atoms with E-state index in [-0.39, 0.29) is 23.4 Å². The Morgan fingerprint density at radius 3 is 2.08 bits per heavy atom. The SMILES string of the molecule is CC1(C)O[C@@H]2[C@H](O1)[C@@H](CO[Si](c1ccccc1)(c1ccccc1)C(C)(C)C)O[C@H]2c1csc(C#N)c1N. The predicted octanol–water partition coefficient (Wildman–Crippen LogP) is 4.74. The van der Waals surface area contributed by atoms with Crippen LogP contribution in [0.15, 0.2) is 66.0 Å². The Kier molecular flexibility index (Phi) is 6.82. The molecule has 3 heterocycles. The maximum Gasteiger partial charge on any atom is 0.261 e. The zero-order valence-electron chi connectivity index (χ0n) is 21.9. The van der Waals surface area contributed by atoms with E-state index >= 15 is 0 Å². The number of ether oxygens (including phenoxy) is 3. The fourth-order valence-electron chi connectivity index (χ4n) is 5.72. The molecule has 3 aromatic rings. The maximum atomic E-state index is 9.43. The number of hydrogen-bond donors (Lipinski definition) is 1. The van der Waals surface area contributed by atoms with Crippen molar-refractivity contribution >= 4 is 35.7 Å². The van der Waals surface area contributed by atoms with Gasteiger partial charge in [-0.25, -0.2) is 0 Å². The molecule has 4 atom stereocenters. The number of thiophene rings is 1. The van der Waals surface area contributed by atoms with Crippen molar-refractivity contribution in [2.24, 2.45) is 0 Å². The third-order valence-corrected chi connectivity index (χ3v) is 13.2. The van der Waals surface area contributed by atoms with E-state index in [0.717, 1.165) is 5.56 Å². The first-order chi connectivity index (χ1) is 17.6. The molecule has 0 aliphatic carbocycles. The molecule has 2 N–H and O–H groups in total. The largest absolute Gasteiger partial charge is 0.405 e. The minimum atomic E-state index is -2.75. The topological polar surface area (TPSA) is 86.7 Å². The van der Waals surface area contributed by atoms with Crippen LogP contribution >= 0.6 is 11.3 Å². The minimum Gasteiger partial charge on any atom is -0.405 e. The molecule has 2 aliphatic rings. The van der Waals surface area contributed by atoms with Crippen LogP contribution in [0.2, 0.25) is 5.04 Å². The molecule has 0 unspecified atom stereocenters. The van der Waals surface area contributed by atoms with E-state index in [2.05, 4.69) is 75.4 Å². The number of nitrogens with zero attached hydrogens (tertiary/aromatic N) is 1. The van der Waals surface area contributed by atoms with Gasteiger partial charge in [-0.3, -0.25) is 0 Å². The van der Waals surface area contributed by atoms with Crippen LogP contribution in [0.5, 0.6) is 0 Å². The Hall–Kier alpha value is -2.51.